The number of methoxy groups -OCH3 is 2. The molecule has 0 aliphatic rings. The van der Waals surface area contributed by atoms with Crippen molar-refractivity contribution in [1.82, 2.24) is 9.97 Å². The molecule has 1 rings (SSSR count). The summed E-state index contributed by atoms with van der Waals surface area (Å²) >= 11 is 0. The first kappa shape index (κ1) is 11.9. The third-order valence-electron chi connectivity index (χ3n) is 1.79. The molecule has 0 bridgehead atoms. The van der Waals surface area contributed by atoms with Gasteiger partial charge in [-0.15, -0.1) is 0 Å². The van der Waals surface area contributed by atoms with Crippen LogP contribution in [-0.2, 0) is 16.1 Å². The van der Waals surface area contributed by atoms with Crippen LogP contribution in [0.1, 0.15) is 11.5 Å². The molecule has 0 aliphatic heterocycles. The Morgan fingerprint density at radius 3 is 2.73 bits per heavy atom. The van der Waals surface area contributed by atoms with E-state index in [1.807, 2.05) is 13.0 Å². The van der Waals surface area contributed by atoms with Gasteiger partial charge >= 0.3 is 0 Å². The van der Waals surface area contributed by atoms with E-state index in [0.29, 0.717) is 19.0 Å². The molecule has 0 saturated carbocycles. The van der Waals surface area contributed by atoms with Crippen LogP contribution in [-0.4, -0.2) is 37.3 Å². The van der Waals surface area contributed by atoms with Crippen molar-refractivity contribution in [3.63, 3.8) is 0 Å². The zero-order valence-corrected chi connectivity index (χ0v) is 9.41. The van der Waals surface area contributed by atoms with Crippen molar-refractivity contribution in [1.29, 1.82) is 0 Å². The molecule has 15 heavy (non-hydrogen) atoms. The molecule has 5 nitrogen and oxygen atoms in total. The van der Waals surface area contributed by atoms with Gasteiger partial charge in [0.25, 0.3) is 0 Å². The number of anilines is 1. The van der Waals surface area contributed by atoms with Gasteiger partial charge in [-0.25, -0.2) is 9.97 Å². The predicted molar refractivity (Wildman–Crippen MR) is 57.8 cm³/mol. The van der Waals surface area contributed by atoms with Crippen molar-refractivity contribution in [3.05, 3.63) is 17.6 Å². The molecule has 0 saturated heterocycles. The Labute approximate surface area is 89.8 Å². The Balaban J connectivity index is 2.62. The van der Waals surface area contributed by atoms with Crippen molar-refractivity contribution < 1.29 is 9.47 Å². The van der Waals surface area contributed by atoms with E-state index in [2.05, 4.69) is 15.3 Å². The molecule has 0 radical (unpaired) electrons. The largest absolute Gasteiger partial charge is 0.383 e. The molecular formula is C10H17N3O2. The lowest BCUT2D eigenvalue weighted by Gasteiger charge is -2.07. The molecule has 0 spiro atoms. The van der Waals surface area contributed by atoms with Crippen LogP contribution in [0.15, 0.2) is 6.07 Å². The van der Waals surface area contributed by atoms with Crippen LogP contribution in [0.25, 0.3) is 0 Å². The topological polar surface area (TPSA) is 56.3 Å². The molecule has 84 valence electrons. The molecule has 1 aromatic heterocycles. The second-order valence-corrected chi connectivity index (χ2v) is 3.16. The molecule has 5 heteroatoms. The van der Waals surface area contributed by atoms with Gasteiger partial charge in [-0.05, 0) is 6.92 Å². The maximum Gasteiger partial charge on any atom is 0.156 e. The van der Waals surface area contributed by atoms with E-state index in [1.54, 1.807) is 14.2 Å². The highest BCUT2D eigenvalue weighted by molar-refractivity contribution is 5.35. The van der Waals surface area contributed by atoms with Crippen molar-refractivity contribution in [2.24, 2.45) is 0 Å². The molecule has 0 aromatic carbocycles. The number of aromatic nitrogens is 2. The van der Waals surface area contributed by atoms with Gasteiger partial charge < -0.3 is 14.8 Å². The molecule has 1 N–H and O–H groups in total. The highest BCUT2D eigenvalue weighted by atomic mass is 16.5. The van der Waals surface area contributed by atoms with E-state index in [9.17, 15) is 0 Å². The quantitative estimate of drug-likeness (QED) is 0.711. The van der Waals surface area contributed by atoms with Crippen molar-refractivity contribution in [3.8, 4) is 0 Å². The number of nitrogens with one attached hydrogen (secondary N) is 1. The predicted octanol–water partition coefficient (Wildman–Crippen LogP) is 0.990. The van der Waals surface area contributed by atoms with E-state index >= 15 is 0 Å². The fourth-order valence-corrected chi connectivity index (χ4v) is 1.20. The fourth-order valence-electron chi connectivity index (χ4n) is 1.20. The SMILES string of the molecule is COCCNc1cc(C)nc(COC)n1. The Bertz CT molecular complexity index is 305. The second kappa shape index (κ2) is 6.31. The number of aryl methyl sites for hydroxylation is 1. The minimum absolute atomic E-state index is 0.431. The lowest BCUT2D eigenvalue weighted by molar-refractivity contribution is 0.177. The summed E-state index contributed by atoms with van der Waals surface area (Å²) in [7, 11) is 3.30. The van der Waals surface area contributed by atoms with Crippen LogP contribution in [0.3, 0.4) is 0 Å². The number of nitrogens with zero attached hydrogens (tertiary/aromatic N) is 2. The van der Waals surface area contributed by atoms with Crippen molar-refractivity contribution >= 4 is 5.82 Å². The van der Waals surface area contributed by atoms with E-state index in [-0.39, 0.29) is 0 Å². The zero-order valence-electron chi connectivity index (χ0n) is 9.41. The van der Waals surface area contributed by atoms with Crippen LogP contribution in [0, 0.1) is 6.92 Å². The standard InChI is InChI=1S/C10H17N3O2/c1-8-6-9(11-4-5-14-2)13-10(12-8)7-15-3/h6H,4-5,7H2,1-3H3,(H,11,12,13). The Morgan fingerprint density at radius 2 is 2.07 bits per heavy atom. The van der Waals surface area contributed by atoms with Crippen LogP contribution in [0.2, 0.25) is 0 Å². The molecule has 0 aliphatic carbocycles. The normalized spacial score (nSPS) is 10.3. The van der Waals surface area contributed by atoms with Gasteiger partial charge in [-0.1, -0.05) is 0 Å². The molecule has 0 atom stereocenters. The van der Waals surface area contributed by atoms with Gasteiger partial charge in [0.2, 0.25) is 0 Å². The minimum Gasteiger partial charge on any atom is -0.383 e. The number of hydrogen-bond acceptors (Lipinski definition) is 5. The average molecular weight is 211 g/mol. The first-order valence-electron chi connectivity index (χ1n) is 4.82. The lowest BCUT2D eigenvalue weighted by atomic mass is 10.4. The van der Waals surface area contributed by atoms with Crippen LogP contribution in [0.4, 0.5) is 5.82 Å². The third-order valence-corrected chi connectivity index (χ3v) is 1.79. The summed E-state index contributed by atoms with van der Waals surface area (Å²) in [4.78, 5) is 8.54. The number of ether oxygens (including phenoxy) is 2. The molecule has 1 aromatic rings. The summed E-state index contributed by atoms with van der Waals surface area (Å²) in [6, 6.07) is 1.90. The van der Waals surface area contributed by atoms with Crippen molar-refractivity contribution in [2.45, 2.75) is 13.5 Å². The van der Waals surface area contributed by atoms with E-state index in [4.69, 9.17) is 9.47 Å². The van der Waals surface area contributed by atoms with Gasteiger partial charge in [0, 0.05) is 32.5 Å². The first-order chi connectivity index (χ1) is 7.26. The van der Waals surface area contributed by atoms with E-state index in [0.717, 1.165) is 18.1 Å². The summed E-state index contributed by atoms with van der Waals surface area (Å²) in [5.74, 6) is 1.50. The summed E-state index contributed by atoms with van der Waals surface area (Å²) in [6.45, 7) is 3.75. The fraction of sp³-hybridized carbons (Fsp3) is 0.600. The van der Waals surface area contributed by atoms with Gasteiger partial charge in [-0.2, -0.15) is 0 Å². The molecule has 0 unspecified atom stereocenters. The second-order valence-electron chi connectivity index (χ2n) is 3.16. The van der Waals surface area contributed by atoms with Gasteiger partial charge in [-0.3, -0.25) is 0 Å². The summed E-state index contributed by atoms with van der Waals surface area (Å²) in [6.07, 6.45) is 0. The first-order valence-corrected chi connectivity index (χ1v) is 4.82. The van der Waals surface area contributed by atoms with Gasteiger partial charge in [0.15, 0.2) is 5.82 Å². The minimum atomic E-state index is 0.431. The molecule has 0 amide bonds. The van der Waals surface area contributed by atoms with Crippen LogP contribution in [0.5, 0.6) is 0 Å². The van der Waals surface area contributed by atoms with E-state index < -0.39 is 0 Å². The monoisotopic (exact) mass is 211 g/mol. The summed E-state index contributed by atoms with van der Waals surface area (Å²) < 4.78 is 9.93. The summed E-state index contributed by atoms with van der Waals surface area (Å²) in [5.41, 5.74) is 0.928. The lowest BCUT2D eigenvalue weighted by Crippen LogP contribution is -2.11. The number of rotatable bonds is 6. The maximum absolute atomic E-state index is 4.99. The van der Waals surface area contributed by atoms with Crippen molar-refractivity contribution in [2.75, 3.05) is 32.7 Å². The highest BCUT2D eigenvalue weighted by Crippen LogP contribution is 2.06. The summed E-state index contributed by atoms with van der Waals surface area (Å²) in [5, 5.41) is 3.15. The van der Waals surface area contributed by atoms with E-state index in [1.165, 1.54) is 0 Å². The molecular weight excluding hydrogens is 194 g/mol. The van der Waals surface area contributed by atoms with Crippen LogP contribution < -0.4 is 5.32 Å². The number of hydrogen-bond donors (Lipinski definition) is 1. The Kier molecular flexibility index (Phi) is 5.00. The van der Waals surface area contributed by atoms with Crippen LogP contribution >= 0.6 is 0 Å². The van der Waals surface area contributed by atoms with Gasteiger partial charge in [0.1, 0.15) is 12.4 Å². The average Bonchev–Trinajstić information content (AvgIpc) is 2.18. The molecule has 0 fully saturated rings. The maximum atomic E-state index is 4.99. The van der Waals surface area contributed by atoms with Gasteiger partial charge in [0.05, 0.1) is 6.61 Å². The Morgan fingerprint density at radius 1 is 1.27 bits per heavy atom. The highest BCUT2D eigenvalue weighted by Gasteiger charge is 2.01. The third kappa shape index (κ3) is 4.22. The molecule has 1 heterocycles. The Hall–Kier alpha value is -1.20. The smallest absolute Gasteiger partial charge is 0.156 e. The zero-order chi connectivity index (χ0) is 11.1.